The van der Waals surface area contributed by atoms with E-state index in [9.17, 15) is 9.59 Å². The van der Waals surface area contributed by atoms with Gasteiger partial charge in [-0.3, -0.25) is 4.79 Å². The molecule has 5 heteroatoms. The Labute approximate surface area is 93.3 Å². The van der Waals surface area contributed by atoms with Crippen LogP contribution in [0.1, 0.15) is 19.3 Å². The predicted molar refractivity (Wildman–Crippen MR) is 64.6 cm³/mol. The highest BCUT2D eigenvalue weighted by Crippen LogP contribution is 1.95. The maximum Gasteiger partial charge on any atom is 0.326 e. The second kappa shape index (κ2) is 8.23. The van der Waals surface area contributed by atoms with Crippen LogP contribution in [0, 0.1) is 0 Å². The van der Waals surface area contributed by atoms with Gasteiger partial charge in [-0.2, -0.15) is 0 Å². The first-order valence-corrected chi connectivity index (χ1v) is 6.06. The maximum absolute atomic E-state index is 11.2. The molecule has 0 aliphatic rings. The first-order chi connectivity index (χ1) is 7.11. The fourth-order valence-electron chi connectivity index (χ4n) is 0.932. The van der Waals surface area contributed by atoms with E-state index >= 15 is 0 Å². The summed E-state index contributed by atoms with van der Waals surface area (Å²) in [5.41, 5.74) is 0. The number of aliphatic carboxylic acids is 1. The van der Waals surface area contributed by atoms with Crippen LogP contribution in [0.5, 0.6) is 0 Å². The van der Waals surface area contributed by atoms with E-state index in [1.807, 2.05) is 11.6 Å². The van der Waals surface area contributed by atoms with Crippen LogP contribution in [0.25, 0.3) is 0 Å². The van der Waals surface area contributed by atoms with Crippen LogP contribution in [0.4, 0.5) is 0 Å². The predicted octanol–water partition coefficient (Wildman–Crippen LogP) is 0.810. The van der Waals surface area contributed by atoms with Crippen molar-refractivity contribution in [2.75, 3.05) is 6.26 Å². The monoisotopic (exact) mass is 231 g/mol. The summed E-state index contributed by atoms with van der Waals surface area (Å²) in [5, 5.41) is 13.1. The van der Waals surface area contributed by atoms with Crippen molar-refractivity contribution in [3.8, 4) is 0 Å². The number of amides is 1. The average Bonchev–Trinajstić information content (AvgIpc) is 2.20. The van der Waals surface area contributed by atoms with Gasteiger partial charge in [0.1, 0.15) is 6.04 Å². The maximum atomic E-state index is 11.2. The van der Waals surface area contributed by atoms with Gasteiger partial charge in [0.2, 0.25) is 5.91 Å². The second-order valence-corrected chi connectivity index (χ2v) is 3.84. The molecule has 4 nitrogen and oxygen atoms in total. The van der Waals surface area contributed by atoms with Gasteiger partial charge in [0.05, 0.1) is 0 Å². The van der Waals surface area contributed by atoms with E-state index < -0.39 is 12.0 Å². The molecule has 0 unspecified atom stereocenters. The van der Waals surface area contributed by atoms with Crippen molar-refractivity contribution in [1.29, 1.82) is 0 Å². The van der Waals surface area contributed by atoms with E-state index in [-0.39, 0.29) is 12.3 Å². The van der Waals surface area contributed by atoms with Crippen molar-refractivity contribution in [3.63, 3.8) is 0 Å². The largest absolute Gasteiger partial charge is 0.480 e. The standard InChI is InChI=1S/C10H17NO3S/c1-3-4-5-9(12)11-8(10(13)14)6-7-15-2/h3,7-8,15H,1,4-6H2,2H3,(H,11,12)(H,13,14)/t8-/m0/s1. The number of hydrogen-bond donors (Lipinski definition) is 3. The molecule has 0 aromatic heterocycles. The highest BCUT2D eigenvalue weighted by molar-refractivity contribution is 7.96. The fraction of sp³-hybridized carbons (Fsp3) is 0.500. The topological polar surface area (TPSA) is 66.4 Å². The minimum absolute atomic E-state index is 0.247. The lowest BCUT2D eigenvalue weighted by Crippen LogP contribution is -2.40. The number of carboxylic acid groups (broad SMARTS) is 1. The minimum atomic E-state index is -0.998. The number of nitrogens with one attached hydrogen (secondary N) is 1. The third-order valence-corrected chi connectivity index (χ3v) is 2.31. The smallest absolute Gasteiger partial charge is 0.326 e. The summed E-state index contributed by atoms with van der Waals surface area (Å²) in [6.07, 6.45) is 4.74. The van der Waals surface area contributed by atoms with Crippen molar-refractivity contribution >= 4 is 28.6 Å². The molecule has 0 radical (unpaired) electrons. The normalized spacial score (nSPS) is 12.9. The molecule has 0 fully saturated rings. The van der Waals surface area contributed by atoms with Gasteiger partial charge in [0, 0.05) is 12.8 Å². The summed E-state index contributed by atoms with van der Waals surface area (Å²) < 4.78 is 0. The van der Waals surface area contributed by atoms with Gasteiger partial charge in [-0.1, -0.05) is 11.4 Å². The van der Waals surface area contributed by atoms with Gasteiger partial charge < -0.3 is 10.4 Å². The van der Waals surface area contributed by atoms with E-state index in [4.69, 9.17) is 5.11 Å². The number of hydrogen-bond acceptors (Lipinski definition) is 2. The Morgan fingerprint density at radius 2 is 2.27 bits per heavy atom. The summed E-state index contributed by atoms with van der Waals surface area (Å²) in [4.78, 5) is 22.0. The molecule has 0 rings (SSSR count). The zero-order valence-corrected chi connectivity index (χ0v) is 9.67. The van der Waals surface area contributed by atoms with Crippen molar-refractivity contribution in [2.45, 2.75) is 25.3 Å². The Kier molecular flexibility index (Phi) is 7.62. The van der Waals surface area contributed by atoms with Crippen LogP contribution in [0.15, 0.2) is 12.7 Å². The molecule has 0 bridgehead atoms. The molecule has 15 heavy (non-hydrogen) atoms. The Morgan fingerprint density at radius 3 is 2.73 bits per heavy atom. The number of rotatable bonds is 7. The third kappa shape index (κ3) is 6.90. The van der Waals surface area contributed by atoms with Gasteiger partial charge in [-0.15, -0.1) is 6.58 Å². The van der Waals surface area contributed by atoms with Crippen molar-refractivity contribution in [2.24, 2.45) is 0 Å². The van der Waals surface area contributed by atoms with E-state index in [0.717, 1.165) is 11.4 Å². The van der Waals surface area contributed by atoms with Gasteiger partial charge in [-0.25, -0.2) is 16.1 Å². The molecule has 0 aliphatic heterocycles. The molecule has 0 aromatic carbocycles. The molecule has 0 heterocycles. The number of carboxylic acids is 1. The molecule has 0 saturated carbocycles. The molecular weight excluding hydrogens is 214 g/mol. The van der Waals surface area contributed by atoms with E-state index in [1.165, 1.54) is 0 Å². The van der Waals surface area contributed by atoms with Gasteiger partial charge in [0.15, 0.2) is 0 Å². The molecule has 2 N–H and O–H groups in total. The Hall–Kier alpha value is -1.10. The number of carbonyl (C=O) groups is 2. The van der Waals surface area contributed by atoms with Crippen molar-refractivity contribution in [3.05, 3.63) is 12.7 Å². The van der Waals surface area contributed by atoms with Crippen molar-refractivity contribution < 1.29 is 14.7 Å². The van der Waals surface area contributed by atoms with Crippen LogP contribution in [0.2, 0.25) is 0 Å². The number of carbonyl (C=O) groups excluding carboxylic acids is 1. The lowest BCUT2D eigenvalue weighted by Gasteiger charge is -2.11. The highest BCUT2D eigenvalue weighted by Gasteiger charge is 2.17. The summed E-state index contributed by atoms with van der Waals surface area (Å²) in [5.74, 6) is -1.25. The molecule has 1 atom stereocenters. The SMILES string of the molecule is C=CCCC(=O)N[C@@H](CC=[SH]C)C(=O)O. The molecule has 0 spiro atoms. The molecule has 1 amide bonds. The Morgan fingerprint density at radius 1 is 1.60 bits per heavy atom. The van der Waals surface area contributed by atoms with E-state index in [2.05, 4.69) is 11.9 Å². The molecule has 0 aliphatic carbocycles. The lowest BCUT2D eigenvalue weighted by molar-refractivity contribution is -0.141. The van der Waals surface area contributed by atoms with Gasteiger partial charge >= 0.3 is 5.97 Å². The molecule has 0 saturated heterocycles. The van der Waals surface area contributed by atoms with Crippen molar-refractivity contribution in [1.82, 2.24) is 5.32 Å². The van der Waals surface area contributed by atoms with Crippen LogP contribution in [-0.2, 0) is 9.59 Å². The first-order valence-electron chi connectivity index (χ1n) is 4.65. The Balaban J connectivity index is 4.09. The summed E-state index contributed by atoms with van der Waals surface area (Å²) in [6.45, 7) is 3.49. The van der Waals surface area contributed by atoms with Crippen LogP contribution in [0.3, 0.4) is 0 Å². The minimum Gasteiger partial charge on any atom is -0.480 e. The zero-order valence-electron chi connectivity index (χ0n) is 8.77. The van der Waals surface area contributed by atoms with Crippen LogP contribution < -0.4 is 5.32 Å². The fourth-order valence-corrected chi connectivity index (χ4v) is 1.35. The van der Waals surface area contributed by atoms with E-state index in [1.54, 1.807) is 6.08 Å². The Bertz CT molecular complexity index is 263. The second-order valence-electron chi connectivity index (χ2n) is 2.96. The average molecular weight is 231 g/mol. The first kappa shape index (κ1) is 13.9. The number of allylic oxidation sites excluding steroid dienone is 1. The van der Waals surface area contributed by atoms with Gasteiger partial charge in [0.25, 0.3) is 0 Å². The summed E-state index contributed by atoms with van der Waals surface area (Å²) >= 11 is 1.01. The van der Waals surface area contributed by atoms with Crippen LogP contribution in [-0.4, -0.2) is 34.6 Å². The number of thiol groups is 1. The quantitative estimate of drug-likeness (QED) is 0.345. The molecule has 86 valence electrons. The highest BCUT2D eigenvalue weighted by atomic mass is 32.1. The zero-order chi connectivity index (χ0) is 11.7. The summed E-state index contributed by atoms with van der Waals surface area (Å²) in [6, 6.07) is -0.810. The van der Waals surface area contributed by atoms with Crippen LogP contribution >= 0.6 is 11.4 Å². The lowest BCUT2D eigenvalue weighted by atomic mass is 10.2. The van der Waals surface area contributed by atoms with E-state index in [0.29, 0.717) is 12.8 Å². The third-order valence-electron chi connectivity index (χ3n) is 1.73. The molecule has 0 aromatic rings. The van der Waals surface area contributed by atoms with Gasteiger partial charge in [-0.05, 0) is 12.7 Å². The molecular formula is C10H17NO3S. The summed E-state index contributed by atoms with van der Waals surface area (Å²) in [7, 11) is 0.